The molecule has 0 aromatic heterocycles. The molecule has 0 aliphatic carbocycles. The maximum atomic E-state index is 12.2. The normalized spacial score (nSPS) is 10.9. The quantitative estimate of drug-likeness (QED) is 0.646. The lowest BCUT2D eigenvalue weighted by molar-refractivity contribution is -0.112. The van der Waals surface area contributed by atoms with Crippen LogP contribution < -0.4 is 5.32 Å². The van der Waals surface area contributed by atoms with E-state index in [0.717, 1.165) is 11.1 Å². The Bertz CT molecular complexity index is 754. The van der Waals surface area contributed by atoms with E-state index in [9.17, 15) is 10.1 Å². The first-order chi connectivity index (χ1) is 10.5. The maximum Gasteiger partial charge on any atom is 0.266 e. The van der Waals surface area contributed by atoms with Crippen LogP contribution in [0.3, 0.4) is 0 Å². The minimum atomic E-state index is -0.557. The highest BCUT2D eigenvalue weighted by Crippen LogP contribution is 2.30. The molecule has 0 aliphatic heterocycles. The predicted molar refractivity (Wildman–Crippen MR) is 89.9 cm³/mol. The number of anilines is 1. The molecule has 1 N–H and O–H groups in total. The van der Waals surface area contributed by atoms with Gasteiger partial charge in [-0.25, -0.2) is 0 Å². The third kappa shape index (κ3) is 3.88. The second-order valence-electron chi connectivity index (χ2n) is 4.63. The maximum absolute atomic E-state index is 12.2. The van der Waals surface area contributed by atoms with Crippen LogP contribution in [0.25, 0.3) is 6.08 Å². The summed E-state index contributed by atoms with van der Waals surface area (Å²) in [5.41, 5.74) is 2.13. The van der Waals surface area contributed by atoms with Crippen molar-refractivity contribution in [2.24, 2.45) is 0 Å². The topological polar surface area (TPSA) is 52.9 Å². The summed E-state index contributed by atoms with van der Waals surface area (Å²) in [5, 5.41) is 12.4. The number of carbonyl (C=O) groups is 1. The van der Waals surface area contributed by atoms with Gasteiger partial charge in [0.1, 0.15) is 11.6 Å². The van der Waals surface area contributed by atoms with Gasteiger partial charge >= 0.3 is 0 Å². The Balaban J connectivity index is 2.26. The van der Waals surface area contributed by atoms with Crippen molar-refractivity contribution >= 4 is 40.9 Å². The third-order valence-electron chi connectivity index (χ3n) is 2.95. The lowest BCUT2D eigenvalue weighted by Gasteiger charge is -2.08. The summed E-state index contributed by atoms with van der Waals surface area (Å²) >= 11 is 12.0. The Morgan fingerprint density at radius 3 is 2.27 bits per heavy atom. The molecular weight excluding hydrogens is 319 g/mol. The highest BCUT2D eigenvalue weighted by Gasteiger charge is 2.13. The first-order valence-corrected chi connectivity index (χ1v) is 7.20. The van der Waals surface area contributed by atoms with E-state index in [4.69, 9.17) is 23.2 Å². The molecule has 1 amide bonds. The standard InChI is InChI=1S/C17H12Cl2N2O/c1-11-5-7-12(8-6-11)9-13(10-20)17(22)21-16-14(18)3-2-4-15(16)19/h2-9H,1H3,(H,21,22)/b13-9+. The Morgan fingerprint density at radius 2 is 1.73 bits per heavy atom. The van der Waals surface area contributed by atoms with Crippen LogP contribution in [0.4, 0.5) is 5.69 Å². The van der Waals surface area contributed by atoms with Gasteiger partial charge in [-0.2, -0.15) is 5.26 Å². The molecule has 0 fully saturated rings. The fraction of sp³-hybridized carbons (Fsp3) is 0.0588. The van der Waals surface area contributed by atoms with E-state index in [2.05, 4.69) is 5.32 Å². The number of carbonyl (C=O) groups excluding carboxylic acids is 1. The zero-order valence-corrected chi connectivity index (χ0v) is 13.2. The molecule has 22 heavy (non-hydrogen) atoms. The molecule has 0 spiro atoms. The van der Waals surface area contributed by atoms with Gasteiger partial charge in [0, 0.05) is 0 Å². The molecule has 0 saturated carbocycles. The number of aryl methyl sites for hydroxylation is 1. The molecule has 0 saturated heterocycles. The highest BCUT2D eigenvalue weighted by molar-refractivity contribution is 6.40. The molecule has 3 nitrogen and oxygen atoms in total. The zero-order valence-electron chi connectivity index (χ0n) is 11.7. The van der Waals surface area contributed by atoms with Crippen molar-refractivity contribution in [1.82, 2.24) is 0 Å². The number of rotatable bonds is 3. The molecular formula is C17H12Cl2N2O. The van der Waals surface area contributed by atoms with E-state index in [-0.39, 0.29) is 5.57 Å². The Hall–Kier alpha value is -2.28. The molecule has 5 heteroatoms. The van der Waals surface area contributed by atoms with E-state index in [1.807, 2.05) is 37.3 Å². The summed E-state index contributed by atoms with van der Waals surface area (Å²) in [5.74, 6) is -0.557. The number of para-hydroxylation sites is 1. The van der Waals surface area contributed by atoms with E-state index in [0.29, 0.717) is 15.7 Å². The van der Waals surface area contributed by atoms with Crippen LogP contribution in [0, 0.1) is 18.3 Å². The van der Waals surface area contributed by atoms with Crippen molar-refractivity contribution in [2.45, 2.75) is 6.92 Å². The Labute approximate surface area is 138 Å². The predicted octanol–water partition coefficient (Wildman–Crippen LogP) is 4.85. The van der Waals surface area contributed by atoms with Gasteiger partial charge < -0.3 is 5.32 Å². The second kappa shape index (κ2) is 7.13. The van der Waals surface area contributed by atoms with E-state index in [1.54, 1.807) is 18.2 Å². The van der Waals surface area contributed by atoms with Crippen molar-refractivity contribution in [3.05, 3.63) is 69.2 Å². The molecule has 0 radical (unpaired) electrons. The van der Waals surface area contributed by atoms with Crippen molar-refractivity contribution < 1.29 is 4.79 Å². The minimum Gasteiger partial charge on any atom is -0.319 e. The van der Waals surface area contributed by atoms with Gasteiger partial charge in [-0.15, -0.1) is 0 Å². The lowest BCUT2D eigenvalue weighted by atomic mass is 10.1. The number of benzene rings is 2. The van der Waals surface area contributed by atoms with Crippen molar-refractivity contribution in [1.29, 1.82) is 5.26 Å². The van der Waals surface area contributed by atoms with Crippen LogP contribution in [0.1, 0.15) is 11.1 Å². The van der Waals surface area contributed by atoms with Crippen molar-refractivity contribution in [3.63, 3.8) is 0 Å². The lowest BCUT2D eigenvalue weighted by Crippen LogP contribution is -2.14. The number of halogens is 2. The van der Waals surface area contributed by atoms with E-state index < -0.39 is 5.91 Å². The third-order valence-corrected chi connectivity index (χ3v) is 3.58. The largest absolute Gasteiger partial charge is 0.319 e. The summed E-state index contributed by atoms with van der Waals surface area (Å²) in [6.45, 7) is 1.96. The van der Waals surface area contributed by atoms with Gasteiger partial charge in [0.05, 0.1) is 15.7 Å². The fourth-order valence-electron chi connectivity index (χ4n) is 1.78. The monoisotopic (exact) mass is 330 g/mol. The van der Waals surface area contributed by atoms with Gasteiger partial charge in [0.15, 0.2) is 0 Å². The molecule has 0 heterocycles. The molecule has 2 rings (SSSR count). The van der Waals surface area contributed by atoms with Gasteiger partial charge in [-0.3, -0.25) is 4.79 Å². The minimum absolute atomic E-state index is 0.0279. The molecule has 2 aromatic rings. The van der Waals surface area contributed by atoms with Crippen LogP contribution in [-0.2, 0) is 4.79 Å². The summed E-state index contributed by atoms with van der Waals surface area (Å²) in [4.78, 5) is 12.2. The number of nitrogens with zero attached hydrogens (tertiary/aromatic N) is 1. The van der Waals surface area contributed by atoms with Gasteiger partial charge in [-0.05, 0) is 30.7 Å². The van der Waals surface area contributed by atoms with Crippen LogP contribution >= 0.6 is 23.2 Å². The molecule has 0 unspecified atom stereocenters. The molecule has 110 valence electrons. The first-order valence-electron chi connectivity index (χ1n) is 6.45. The number of hydrogen-bond acceptors (Lipinski definition) is 2. The first kappa shape index (κ1) is 16.1. The highest BCUT2D eigenvalue weighted by atomic mass is 35.5. The smallest absolute Gasteiger partial charge is 0.266 e. The SMILES string of the molecule is Cc1ccc(/C=C(\C#N)C(=O)Nc2c(Cl)cccc2Cl)cc1. The zero-order chi connectivity index (χ0) is 16.1. The summed E-state index contributed by atoms with van der Waals surface area (Å²) < 4.78 is 0. The molecule has 0 atom stereocenters. The average Bonchev–Trinajstić information content (AvgIpc) is 2.50. The van der Waals surface area contributed by atoms with Crippen LogP contribution in [0.5, 0.6) is 0 Å². The van der Waals surface area contributed by atoms with Crippen LogP contribution in [0.2, 0.25) is 10.0 Å². The van der Waals surface area contributed by atoms with Crippen molar-refractivity contribution in [2.75, 3.05) is 5.32 Å². The Morgan fingerprint density at radius 1 is 1.14 bits per heavy atom. The fourth-order valence-corrected chi connectivity index (χ4v) is 2.27. The van der Waals surface area contributed by atoms with Crippen molar-refractivity contribution in [3.8, 4) is 6.07 Å². The molecule has 2 aromatic carbocycles. The number of nitrogens with one attached hydrogen (secondary N) is 1. The van der Waals surface area contributed by atoms with Gasteiger partial charge in [0.2, 0.25) is 0 Å². The van der Waals surface area contributed by atoms with Crippen LogP contribution in [-0.4, -0.2) is 5.91 Å². The van der Waals surface area contributed by atoms with Crippen LogP contribution in [0.15, 0.2) is 48.0 Å². The Kier molecular flexibility index (Phi) is 5.21. The van der Waals surface area contributed by atoms with Gasteiger partial charge in [-0.1, -0.05) is 59.1 Å². The number of hydrogen-bond donors (Lipinski definition) is 1. The second-order valence-corrected chi connectivity index (χ2v) is 5.45. The molecule has 0 bridgehead atoms. The van der Waals surface area contributed by atoms with E-state index in [1.165, 1.54) is 6.08 Å². The summed E-state index contributed by atoms with van der Waals surface area (Å²) in [6.07, 6.45) is 1.51. The summed E-state index contributed by atoms with van der Waals surface area (Å²) in [6, 6.07) is 14.3. The van der Waals surface area contributed by atoms with E-state index >= 15 is 0 Å². The average molecular weight is 331 g/mol. The van der Waals surface area contributed by atoms with Gasteiger partial charge in [0.25, 0.3) is 5.91 Å². The number of amides is 1. The summed E-state index contributed by atoms with van der Waals surface area (Å²) in [7, 11) is 0. The number of nitriles is 1. The molecule has 0 aliphatic rings.